The van der Waals surface area contributed by atoms with Crippen LogP contribution in [0.1, 0.15) is 54.9 Å². The number of rotatable bonds is 4. The summed E-state index contributed by atoms with van der Waals surface area (Å²) in [4.78, 5) is 30.8. The lowest BCUT2D eigenvalue weighted by Gasteiger charge is -2.26. The predicted octanol–water partition coefficient (Wildman–Crippen LogP) is 5.45. The second-order valence-corrected chi connectivity index (χ2v) is 9.13. The highest BCUT2D eigenvalue weighted by molar-refractivity contribution is 5.99. The summed E-state index contributed by atoms with van der Waals surface area (Å²) in [6.45, 7) is 9.23. The quantitative estimate of drug-likeness (QED) is 0.501. The Morgan fingerprint density at radius 1 is 1.17 bits per heavy atom. The monoisotopic (exact) mass is 482 g/mol. The molecular formula is C26H25F3N4O2. The molecule has 6 nitrogen and oxygen atoms in total. The lowest BCUT2D eigenvalue weighted by atomic mass is 9.86. The minimum absolute atomic E-state index is 0.0108. The summed E-state index contributed by atoms with van der Waals surface area (Å²) in [7, 11) is 0. The van der Waals surface area contributed by atoms with Gasteiger partial charge in [0.1, 0.15) is 17.3 Å². The number of benzene rings is 1. The van der Waals surface area contributed by atoms with Crippen LogP contribution >= 0.6 is 0 Å². The first kappa shape index (κ1) is 25.7. The average Bonchev–Trinajstić information content (AvgIpc) is 2.78. The molecule has 0 aliphatic rings. The van der Waals surface area contributed by atoms with Crippen LogP contribution in [0, 0.1) is 23.7 Å². The normalized spacial score (nSPS) is 12.8. The maximum Gasteiger partial charge on any atom is 0.416 e. The van der Waals surface area contributed by atoms with E-state index in [9.17, 15) is 28.0 Å². The highest BCUT2D eigenvalue weighted by Crippen LogP contribution is 2.34. The van der Waals surface area contributed by atoms with Crippen molar-refractivity contribution in [2.45, 2.75) is 47.3 Å². The molecule has 182 valence electrons. The second-order valence-electron chi connectivity index (χ2n) is 9.13. The number of amides is 1. The number of aryl methyl sites for hydroxylation is 2. The number of alkyl halides is 3. The van der Waals surface area contributed by atoms with Crippen LogP contribution in [0.3, 0.4) is 0 Å². The third-order valence-corrected chi connectivity index (χ3v) is 5.47. The largest absolute Gasteiger partial charge is 0.416 e. The molecule has 0 aliphatic carbocycles. The van der Waals surface area contributed by atoms with Crippen molar-refractivity contribution in [2.24, 2.45) is 5.41 Å². The Morgan fingerprint density at radius 3 is 2.43 bits per heavy atom. The molecule has 0 bridgehead atoms. The number of nitriles is 1. The summed E-state index contributed by atoms with van der Waals surface area (Å²) < 4.78 is 41.5. The third-order valence-electron chi connectivity index (χ3n) is 5.47. The van der Waals surface area contributed by atoms with Gasteiger partial charge in [0.15, 0.2) is 0 Å². The SMILES string of the molecule is CCn1cc(C(=O)NC(=C(C#N)c2cccc(C(F)(F)F)c2)C(C)(C)C)c(=O)c2ccc(C)nc21. The first-order valence-electron chi connectivity index (χ1n) is 10.9. The van der Waals surface area contributed by atoms with Gasteiger partial charge in [0.25, 0.3) is 5.91 Å². The van der Waals surface area contributed by atoms with Crippen molar-refractivity contribution in [2.75, 3.05) is 0 Å². The van der Waals surface area contributed by atoms with Crippen molar-refractivity contribution in [3.8, 4) is 6.07 Å². The number of halogens is 3. The summed E-state index contributed by atoms with van der Waals surface area (Å²) in [5.41, 5.74) is -1.28. The molecule has 0 saturated heterocycles. The van der Waals surface area contributed by atoms with E-state index in [1.807, 2.05) is 13.0 Å². The van der Waals surface area contributed by atoms with Gasteiger partial charge in [0.05, 0.1) is 16.5 Å². The highest BCUT2D eigenvalue weighted by atomic mass is 19.4. The van der Waals surface area contributed by atoms with Crippen LogP contribution < -0.4 is 10.7 Å². The molecule has 3 rings (SSSR count). The van der Waals surface area contributed by atoms with Gasteiger partial charge in [0, 0.05) is 29.5 Å². The van der Waals surface area contributed by atoms with Gasteiger partial charge in [-0.15, -0.1) is 0 Å². The van der Waals surface area contributed by atoms with Gasteiger partial charge >= 0.3 is 6.18 Å². The number of fused-ring (bicyclic) bond motifs is 1. The zero-order valence-electron chi connectivity index (χ0n) is 20.0. The molecule has 2 aromatic heterocycles. The van der Waals surface area contributed by atoms with Gasteiger partial charge in [-0.05, 0) is 43.7 Å². The lowest BCUT2D eigenvalue weighted by Crippen LogP contribution is -2.34. The van der Waals surface area contributed by atoms with Gasteiger partial charge in [-0.2, -0.15) is 18.4 Å². The number of hydrogen-bond donors (Lipinski definition) is 1. The topological polar surface area (TPSA) is 87.8 Å². The fraction of sp³-hybridized carbons (Fsp3) is 0.308. The number of carbonyl (C=O) groups excluding carboxylic acids is 1. The molecule has 0 saturated carbocycles. The molecule has 1 aromatic carbocycles. The van der Waals surface area contributed by atoms with Crippen molar-refractivity contribution in [1.82, 2.24) is 14.9 Å². The molecule has 0 spiro atoms. The van der Waals surface area contributed by atoms with Crippen LogP contribution in [0.4, 0.5) is 13.2 Å². The fourth-order valence-corrected chi connectivity index (χ4v) is 3.68. The van der Waals surface area contributed by atoms with Crippen LogP contribution in [-0.2, 0) is 12.7 Å². The Labute approximate surface area is 200 Å². The van der Waals surface area contributed by atoms with Crippen molar-refractivity contribution in [3.05, 3.63) is 80.9 Å². The van der Waals surface area contributed by atoms with Gasteiger partial charge < -0.3 is 9.88 Å². The van der Waals surface area contributed by atoms with Crippen molar-refractivity contribution in [1.29, 1.82) is 5.26 Å². The van der Waals surface area contributed by atoms with E-state index in [0.29, 0.717) is 17.9 Å². The van der Waals surface area contributed by atoms with E-state index in [2.05, 4.69) is 10.3 Å². The number of pyridine rings is 2. The minimum atomic E-state index is -4.59. The summed E-state index contributed by atoms with van der Waals surface area (Å²) in [5, 5.41) is 12.8. The molecule has 1 amide bonds. The molecule has 3 aromatic rings. The molecule has 0 aliphatic heterocycles. The molecule has 9 heteroatoms. The summed E-state index contributed by atoms with van der Waals surface area (Å²) in [6.07, 6.45) is -3.19. The lowest BCUT2D eigenvalue weighted by molar-refractivity contribution is -0.137. The van der Waals surface area contributed by atoms with Crippen LogP contribution in [0.15, 0.2) is 53.1 Å². The van der Waals surface area contributed by atoms with Gasteiger partial charge in [-0.25, -0.2) is 4.98 Å². The van der Waals surface area contributed by atoms with E-state index in [0.717, 1.165) is 12.1 Å². The van der Waals surface area contributed by atoms with Gasteiger partial charge in [-0.3, -0.25) is 9.59 Å². The molecular weight excluding hydrogens is 457 g/mol. The van der Waals surface area contributed by atoms with E-state index < -0.39 is 28.5 Å². The zero-order chi connectivity index (χ0) is 26.1. The van der Waals surface area contributed by atoms with Crippen molar-refractivity contribution in [3.63, 3.8) is 0 Å². The maximum absolute atomic E-state index is 13.3. The number of nitrogens with zero attached hydrogens (tertiary/aromatic N) is 3. The molecule has 35 heavy (non-hydrogen) atoms. The Bertz CT molecular complexity index is 1440. The molecule has 0 fully saturated rings. The average molecular weight is 483 g/mol. The Balaban J connectivity index is 2.18. The minimum Gasteiger partial charge on any atom is -0.332 e. The Kier molecular flexibility index (Phi) is 6.88. The fourth-order valence-electron chi connectivity index (χ4n) is 3.68. The molecule has 1 N–H and O–H groups in total. The zero-order valence-corrected chi connectivity index (χ0v) is 20.0. The number of hydrogen-bond acceptors (Lipinski definition) is 4. The van der Waals surface area contributed by atoms with E-state index in [4.69, 9.17) is 0 Å². The summed E-state index contributed by atoms with van der Waals surface area (Å²) in [6, 6.07) is 9.57. The predicted molar refractivity (Wildman–Crippen MR) is 127 cm³/mol. The van der Waals surface area contributed by atoms with Crippen LogP contribution in [0.5, 0.6) is 0 Å². The summed E-state index contributed by atoms with van der Waals surface area (Å²) >= 11 is 0. The number of carbonyl (C=O) groups is 1. The van der Waals surface area contributed by atoms with Crippen LogP contribution in [0.2, 0.25) is 0 Å². The van der Waals surface area contributed by atoms with E-state index in [1.165, 1.54) is 18.3 Å². The smallest absolute Gasteiger partial charge is 0.332 e. The number of allylic oxidation sites excluding steroid dienone is 2. The Hall–Kier alpha value is -3.93. The van der Waals surface area contributed by atoms with Gasteiger partial charge in [-0.1, -0.05) is 32.9 Å². The van der Waals surface area contributed by atoms with E-state index >= 15 is 0 Å². The highest BCUT2D eigenvalue weighted by Gasteiger charge is 2.32. The van der Waals surface area contributed by atoms with Crippen molar-refractivity contribution >= 4 is 22.5 Å². The number of aromatic nitrogens is 2. The molecule has 0 radical (unpaired) electrons. The maximum atomic E-state index is 13.3. The van der Waals surface area contributed by atoms with Crippen LogP contribution in [0.25, 0.3) is 16.6 Å². The third kappa shape index (κ3) is 5.27. The van der Waals surface area contributed by atoms with Crippen LogP contribution in [-0.4, -0.2) is 15.5 Å². The first-order valence-corrected chi connectivity index (χ1v) is 10.9. The first-order chi connectivity index (χ1) is 16.3. The van der Waals surface area contributed by atoms with Gasteiger partial charge in [0.2, 0.25) is 5.43 Å². The summed E-state index contributed by atoms with van der Waals surface area (Å²) in [5.74, 6) is -0.760. The second kappa shape index (κ2) is 9.37. The van der Waals surface area contributed by atoms with E-state index in [1.54, 1.807) is 44.4 Å². The van der Waals surface area contributed by atoms with E-state index in [-0.39, 0.29) is 27.8 Å². The molecule has 0 atom stereocenters. The van der Waals surface area contributed by atoms with Crippen molar-refractivity contribution < 1.29 is 18.0 Å². The Morgan fingerprint density at radius 2 is 1.86 bits per heavy atom. The standard InChI is InChI=1S/C26H25F3N4O2/c1-6-33-14-20(21(34)18-11-10-15(2)31-23(18)33)24(35)32-22(25(3,4)5)19(13-30)16-8-7-9-17(12-16)26(27,28)29/h7-12,14H,6H2,1-5H3,(H,32,35). The molecule has 2 heterocycles. The number of nitrogens with one attached hydrogen (secondary N) is 1. The molecule has 0 unspecified atom stereocenters.